The highest BCUT2D eigenvalue weighted by Gasteiger charge is 2.14. The van der Waals surface area contributed by atoms with E-state index in [1.165, 1.54) is 0 Å². The summed E-state index contributed by atoms with van der Waals surface area (Å²) in [7, 11) is -3.56. The molecule has 0 amide bonds. The second-order valence-electron chi connectivity index (χ2n) is 5.72. The van der Waals surface area contributed by atoms with Crippen molar-refractivity contribution in [1.29, 1.82) is 0 Å². The fourth-order valence-corrected chi connectivity index (χ4v) is 3.86. The van der Waals surface area contributed by atoms with Crippen LogP contribution in [0.15, 0.2) is 77.7 Å². The molecule has 0 radical (unpaired) electrons. The summed E-state index contributed by atoms with van der Waals surface area (Å²) in [4.78, 5) is 3.50. The fourth-order valence-electron chi connectivity index (χ4n) is 2.82. The molecule has 0 atom stereocenters. The third-order valence-electron chi connectivity index (χ3n) is 4.07. The minimum absolute atomic E-state index is 0.226. The first kappa shape index (κ1) is 14.9. The molecule has 120 valence electrons. The number of benzene rings is 3. The highest BCUT2D eigenvalue weighted by molar-refractivity contribution is 7.89. The van der Waals surface area contributed by atoms with Crippen LogP contribution in [0.2, 0.25) is 0 Å². The van der Waals surface area contributed by atoms with Crippen LogP contribution in [0.4, 0.5) is 0 Å². The minimum atomic E-state index is -3.56. The number of H-pyrrole nitrogens is 1. The number of aromatic nitrogens is 1. The molecule has 0 bridgehead atoms. The fraction of sp³-hybridized carbons (Fsp3) is 0.0526. The normalized spacial score (nSPS) is 12.0. The summed E-state index contributed by atoms with van der Waals surface area (Å²) in [5.74, 6) is 0. The summed E-state index contributed by atoms with van der Waals surface area (Å²) in [5, 5.41) is 3.00. The Kier molecular flexibility index (Phi) is 3.59. The van der Waals surface area contributed by atoms with Gasteiger partial charge in [0, 0.05) is 11.2 Å². The molecule has 0 aliphatic heterocycles. The maximum Gasteiger partial charge on any atom is 0.240 e. The molecule has 0 spiro atoms. The maximum absolute atomic E-state index is 12.5. The van der Waals surface area contributed by atoms with Crippen LogP contribution in [0.5, 0.6) is 0 Å². The van der Waals surface area contributed by atoms with E-state index in [4.69, 9.17) is 0 Å². The van der Waals surface area contributed by atoms with Crippen LogP contribution in [0, 0.1) is 0 Å². The lowest BCUT2D eigenvalue weighted by Gasteiger charge is -2.07. The van der Waals surface area contributed by atoms with Crippen molar-refractivity contribution in [1.82, 2.24) is 9.71 Å². The lowest BCUT2D eigenvalue weighted by Crippen LogP contribution is -2.23. The van der Waals surface area contributed by atoms with E-state index in [9.17, 15) is 8.42 Å². The van der Waals surface area contributed by atoms with Crippen molar-refractivity contribution in [3.63, 3.8) is 0 Å². The first-order valence-corrected chi connectivity index (χ1v) is 9.15. The summed E-state index contributed by atoms with van der Waals surface area (Å²) in [6.45, 7) is 0.226. The first-order chi connectivity index (χ1) is 11.6. The molecule has 0 fully saturated rings. The minimum Gasteiger partial charge on any atom is -0.357 e. The van der Waals surface area contributed by atoms with E-state index in [0.29, 0.717) is 0 Å². The molecule has 0 aliphatic rings. The molecular formula is C19H16N2O2S. The highest BCUT2D eigenvalue weighted by Crippen LogP contribution is 2.19. The van der Waals surface area contributed by atoms with Crippen LogP contribution in [0.3, 0.4) is 0 Å². The van der Waals surface area contributed by atoms with Gasteiger partial charge in [0.15, 0.2) is 0 Å². The van der Waals surface area contributed by atoms with Crippen molar-refractivity contribution in [2.75, 3.05) is 0 Å². The number of hydrogen-bond acceptors (Lipinski definition) is 2. The van der Waals surface area contributed by atoms with Gasteiger partial charge >= 0.3 is 0 Å². The van der Waals surface area contributed by atoms with Crippen LogP contribution < -0.4 is 4.72 Å². The van der Waals surface area contributed by atoms with Crippen molar-refractivity contribution in [3.8, 4) is 0 Å². The molecule has 5 heteroatoms. The third kappa shape index (κ3) is 2.79. The number of aromatic amines is 1. The van der Waals surface area contributed by atoms with Crippen LogP contribution in [0.1, 0.15) is 5.69 Å². The highest BCUT2D eigenvalue weighted by atomic mass is 32.2. The number of para-hydroxylation sites is 1. The van der Waals surface area contributed by atoms with Crippen LogP contribution in [-0.4, -0.2) is 13.4 Å². The Morgan fingerprint density at radius 3 is 2.29 bits per heavy atom. The topological polar surface area (TPSA) is 62.0 Å². The number of sulfonamides is 1. The average Bonchev–Trinajstić information content (AvgIpc) is 3.03. The predicted octanol–water partition coefficient (Wildman–Crippen LogP) is 3.80. The molecule has 24 heavy (non-hydrogen) atoms. The van der Waals surface area contributed by atoms with Gasteiger partial charge < -0.3 is 4.98 Å². The van der Waals surface area contributed by atoms with Gasteiger partial charge in [-0.2, -0.15) is 0 Å². The molecule has 0 saturated heterocycles. The third-order valence-corrected chi connectivity index (χ3v) is 5.47. The summed E-state index contributed by atoms with van der Waals surface area (Å²) in [6.07, 6.45) is 0. The Hall–Kier alpha value is -2.63. The summed E-state index contributed by atoms with van der Waals surface area (Å²) in [6, 6.07) is 22.7. The Balaban J connectivity index is 1.59. The number of nitrogens with one attached hydrogen (secondary N) is 2. The van der Waals surface area contributed by atoms with E-state index in [-0.39, 0.29) is 11.4 Å². The number of fused-ring (bicyclic) bond motifs is 2. The van der Waals surface area contributed by atoms with Crippen molar-refractivity contribution in [3.05, 3.63) is 78.5 Å². The Morgan fingerprint density at radius 1 is 0.792 bits per heavy atom. The zero-order valence-electron chi connectivity index (χ0n) is 12.9. The second kappa shape index (κ2) is 5.78. The van der Waals surface area contributed by atoms with Gasteiger partial charge in [0.05, 0.1) is 11.4 Å². The molecule has 4 nitrogen and oxygen atoms in total. The molecule has 1 aromatic heterocycles. The molecule has 0 unspecified atom stereocenters. The second-order valence-corrected chi connectivity index (χ2v) is 7.48. The van der Waals surface area contributed by atoms with Crippen molar-refractivity contribution in [2.45, 2.75) is 11.4 Å². The maximum atomic E-state index is 12.5. The number of rotatable bonds is 4. The van der Waals surface area contributed by atoms with Gasteiger partial charge in [-0.15, -0.1) is 0 Å². The van der Waals surface area contributed by atoms with Crippen LogP contribution in [-0.2, 0) is 16.6 Å². The van der Waals surface area contributed by atoms with Gasteiger partial charge in [-0.05, 0) is 40.4 Å². The zero-order chi connectivity index (χ0) is 16.6. The molecule has 3 aromatic carbocycles. The zero-order valence-corrected chi connectivity index (χ0v) is 13.7. The molecule has 0 saturated carbocycles. The van der Waals surface area contributed by atoms with Gasteiger partial charge in [0.25, 0.3) is 0 Å². The molecule has 2 N–H and O–H groups in total. The van der Waals surface area contributed by atoms with Crippen LogP contribution >= 0.6 is 0 Å². The van der Waals surface area contributed by atoms with Crippen molar-refractivity contribution >= 4 is 31.7 Å². The molecular weight excluding hydrogens is 320 g/mol. The Labute approximate surface area is 140 Å². The lowest BCUT2D eigenvalue weighted by atomic mass is 10.1. The summed E-state index contributed by atoms with van der Waals surface area (Å²) < 4.78 is 27.7. The number of hydrogen-bond donors (Lipinski definition) is 2. The van der Waals surface area contributed by atoms with Crippen molar-refractivity contribution < 1.29 is 8.42 Å². The standard InChI is InChI=1S/C19H16N2O2S/c22-24(23,18-10-9-14-5-1-2-6-15(14)12-18)20-13-17-11-16-7-3-4-8-19(16)21-17/h1-12,20-21H,13H2. The van der Waals surface area contributed by atoms with E-state index in [1.807, 2.05) is 60.7 Å². The van der Waals surface area contributed by atoms with E-state index in [2.05, 4.69) is 9.71 Å². The van der Waals surface area contributed by atoms with E-state index in [1.54, 1.807) is 12.1 Å². The van der Waals surface area contributed by atoms with Gasteiger partial charge in [0.2, 0.25) is 10.0 Å². The smallest absolute Gasteiger partial charge is 0.240 e. The predicted molar refractivity (Wildman–Crippen MR) is 96.3 cm³/mol. The Bertz CT molecular complexity index is 1100. The molecule has 4 rings (SSSR count). The van der Waals surface area contributed by atoms with Gasteiger partial charge in [-0.1, -0.05) is 48.5 Å². The van der Waals surface area contributed by atoms with E-state index >= 15 is 0 Å². The summed E-state index contributed by atoms with van der Waals surface area (Å²) >= 11 is 0. The summed E-state index contributed by atoms with van der Waals surface area (Å²) in [5.41, 5.74) is 1.83. The average molecular weight is 336 g/mol. The van der Waals surface area contributed by atoms with Gasteiger partial charge in [-0.25, -0.2) is 13.1 Å². The largest absolute Gasteiger partial charge is 0.357 e. The van der Waals surface area contributed by atoms with E-state index < -0.39 is 10.0 Å². The first-order valence-electron chi connectivity index (χ1n) is 7.67. The Morgan fingerprint density at radius 2 is 1.50 bits per heavy atom. The van der Waals surface area contributed by atoms with Gasteiger partial charge in [-0.3, -0.25) is 0 Å². The monoisotopic (exact) mass is 336 g/mol. The SMILES string of the molecule is O=S(=O)(NCc1cc2ccccc2[nH]1)c1ccc2ccccc2c1. The van der Waals surface area contributed by atoms with Crippen LogP contribution in [0.25, 0.3) is 21.7 Å². The van der Waals surface area contributed by atoms with E-state index in [0.717, 1.165) is 27.4 Å². The molecule has 4 aromatic rings. The molecule has 0 aliphatic carbocycles. The van der Waals surface area contributed by atoms with Gasteiger partial charge in [0.1, 0.15) is 0 Å². The quantitative estimate of drug-likeness (QED) is 0.595. The lowest BCUT2D eigenvalue weighted by molar-refractivity contribution is 0.581. The molecule has 1 heterocycles. The van der Waals surface area contributed by atoms with Crippen molar-refractivity contribution in [2.24, 2.45) is 0 Å².